The number of piperidine rings is 1. The van der Waals surface area contributed by atoms with Gasteiger partial charge in [0.25, 0.3) is 5.91 Å². The van der Waals surface area contributed by atoms with Crippen LogP contribution in [0.5, 0.6) is 0 Å². The molecule has 2 atom stereocenters. The summed E-state index contributed by atoms with van der Waals surface area (Å²) in [6.45, 7) is 4.98. The van der Waals surface area contributed by atoms with Gasteiger partial charge in [0.1, 0.15) is 12.1 Å². The van der Waals surface area contributed by atoms with Gasteiger partial charge in [0.15, 0.2) is 0 Å². The van der Waals surface area contributed by atoms with E-state index in [2.05, 4.69) is 16.0 Å². The lowest BCUT2D eigenvalue weighted by Crippen LogP contribution is -2.64. The lowest BCUT2D eigenvalue weighted by Gasteiger charge is -2.41. The molecule has 0 saturated carbocycles. The van der Waals surface area contributed by atoms with Gasteiger partial charge >= 0.3 is 6.03 Å². The lowest BCUT2D eigenvalue weighted by atomic mass is 10.0. The molecule has 3 rings (SSSR count). The van der Waals surface area contributed by atoms with Gasteiger partial charge in [-0.2, -0.15) is 0 Å². The summed E-state index contributed by atoms with van der Waals surface area (Å²) in [6, 6.07) is 1.73. The predicted molar refractivity (Wildman–Crippen MR) is 109 cm³/mol. The highest BCUT2D eigenvalue weighted by molar-refractivity contribution is 7.12. The minimum absolute atomic E-state index is 0.0357. The molecule has 0 radical (unpaired) electrons. The fourth-order valence-electron chi connectivity index (χ4n) is 3.49. The number of nitrogens with zero attached hydrogens (tertiary/aromatic N) is 2. The van der Waals surface area contributed by atoms with Gasteiger partial charge < -0.3 is 25.8 Å². The van der Waals surface area contributed by atoms with Gasteiger partial charge in [0.2, 0.25) is 11.8 Å². The van der Waals surface area contributed by atoms with Crippen LogP contribution in [0.15, 0.2) is 17.5 Å². The molecule has 3 heterocycles. The minimum Gasteiger partial charge on any atom is -0.354 e. The smallest absolute Gasteiger partial charge is 0.317 e. The van der Waals surface area contributed by atoms with Gasteiger partial charge in [-0.25, -0.2) is 4.79 Å². The van der Waals surface area contributed by atoms with Crippen molar-refractivity contribution in [3.8, 4) is 0 Å². The van der Waals surface area contributed by atoms with Crippen LogP contribution in [0.25, 0.3) is 0 Å². The number of rotatable bonds is 4. The first-order chi connectivity index (χ1) is 13.9. The summed E-state index contributed by atoms with van der Waals surface area (Å²) in [5.41, 5.74) is 0. The predicted octanol–water partition coefficient (Wildman–Crippen LogP) is 0.387. The second-order valence-electron chi connectivity index (χ2n) is 7.54. The van der Waals surface area contributed by atoms with Crippen molar-refractivity contribution in [2.24, 2.45) is 0 Å². The molecule has 2 aliphatic heterocycles. The topological polar surface area (TPSA) is 111 Å². The van der Waals surface area contributed by atoms with E-state index in [-0.39, 0.29) is 37.0 Å². The van der Waals surface area contributed by atoms with Crippen LogP contribution < -0.4 is 16.0 Å². The van der Waals surface area contributed by atoms with Crippen molar-refractivity contribution in [3.05, 3.63) is 22.4 Å². The summed E-state index contributed by atoms with van der Waals surface area (Å²) in [5, 5.41) is 10.1. The standard InChI is InChI=1S/C19H27N5O4S/c1-12(2)21-19(28)23-8-9-24(18(27)15-6-4-10-29-15)14(11-23)17(26)22-13-5-3-7-20-16(13)25/h4,6,10,12-14H,3,5,7-9,11H2,1-2H3,(H,20,25)(H,21,28)(H,22,26). The number of amides is 5. The first kappa shape index (κ1) is 21.1. The summed E-state index contributed by atoms with van der Waals surface area (Å²) >= 11 is 1.31. The zero-order valence-electron chi connectivity index (χ0n) is 16.6. The summed E-state index contributed by atoms with van der Waals surface area (Å²) < 4.78 is 0. The summed E-state index contributed by atoms with van der Waals surface area (Å²) in [6.07, 6.45) is 1.34. The summed E-state index contributed by atoms with van der Waals surface area (Å²) in [7, 11) is 0. The molecule has 9 nitrogen and oxygen atoms in total. The quantitative estimate of drug-likeness (QED) is 0.653. The normalized spacial score (nSPS) is 22.2. The lowest BCUT2D eigenvalue weighted by molar-refractivity contribution is -0.133. The fraction of sp³-hybridized carbons (Fsp3) is 0.579. The molecule has 10 heteroatoms. The third-order valence-electron chi connectivity index (χ3n) is 4.98. The molecular weight excluding hydrogens is 394 g/mol. The van der Waals surface area contributed by atoms with Crippen LogP contribution in [-0.2, 0) is 9.59 Å². The molecule has 0 bridgehead atoms. The molecule has 0 aromatic carbocycles. The number of carbonyl (C=O) groups excluding carboxylic acids is 4. The van der Waals surface area contributed by atoms with Crippen molar-refractivity contribution in [1.29, 1.82) is 0 Å². The van der Waals surface area contributed by atoms with Crippen LogP contribution in [0.3, 0.4) is 0 Å². The largest absolute Gasteiger partial charge is 0.354 e. The van der Waals surface area contributed by atoms with E-state index in [9.17, 15) is 19.2 Å². The molecule has 2 fully saturated rings. The molecule has 2 aliphatic rings. The van der Waals surface area contributed by atoms with Crippen molar-refractivity contribution >= 4 is 35.1 Å². The van der Waals surface area contributed by atoms with Crippen LogP contribution >= 0.6 is 11.3 Å². The average Bonchev–Trinajstić information content (AvgIpc) is 3.23. The fourth-order valence-corrected chi connectivity index (χ4v) is 4.17. The molecule has 1 aromatic rings. The second kappa shape index (κ2) is 9.25. The number of hydrogen-bond acceptors (Lipinski definition) is 5. The monoisotopic (exact) mass is 421 g/mol. The van der Waals surface area contributed by atoms with Crippen LogP contribution in [0, 0.1) is 0 Å². The Morgan fingerprint density at radius 1 is 1.28 bits per heavy atom. The molecule has 1 aromatic heterocycles. The Morgan fingerprint density at radius 3 is 2.72 bits per heavy atom. The van der Waals surface area contributed by atoms with E-state index < -0.39 is 18.0 Å². The van der Waals surface area contributed by atoms with Crippen molar-refractivity contribution in [3.63, 3.8) is 0 Å². The SMILES string of the molecule is CC(C)NC(=O)N1CCN(C(=O)c2cccs2)C(C(=O)NC2CCCNC2=O)C1. The zero-order valence-corrected chi connectivity index (χ0v) is 17.5. The highest BCUT2D eigenvalue weighted by Crippen LogP contribution is 2.18. The van der Waals surface area contributed by atoms with E-state index in [1.807, 2.05) is 13.8 Å². The van der Waals surface area contributed by atoms with Crippen LogP contribution in [0.1, 0.15) is 36.4 Å². The minimum atomic E-state index is -0.856. The maximum absolute atomic E-state index is 13.0. The van der Waals surface area contributed by atoms with Gasteiger partial charge in [-0.05, 0) is 38.1 Å². The highest BCUT2D eigenvalue weighted by atomic mass is 32.1. The summed E-state index contributed by atoms with van der Waals surface area (Å²) in [4.78, 5) is 54.0. The van der Waals surface area contributed by atoms with E-state index in [1.54, 1.807) is 22.4 Å². The molecule has 29 heavy (non-hydrogen) atoms. The molecule has 2 unspecified atom stereocenters. The van der Waals surface area contributed by atoms with E-state index in [0.717, 1.165) is 6.42 Å². The van der Waals surface area contributed by atoms with E-state index in [1.165, 1.54) is 16.2 Å². The third kappa shape index (κ3) is 5.06. The molecule has 0 aliphatic carbocycles. The first-order valence-electron chi connectivity index (χ1n) is 9.85. The van der Waals surface area contributed by atoms with Gasteiger partial charge in [-0.1, -0.05) is 6.07 Å². The molecule has 2 saturated heterocycles. The Hall–Kier alpha value is -2.62. The van der Waals surface area contributed by atoms with Gasteiger partial charge in [0.05, 0.1) is 11.4 Å². The number of nitrogens with one attached hydrogen (secondary N) is 3. The molecule has 5 amide bonds. The van der Waals surface area contributed by atoms with Gasteiger partial charge in [-0.15, -0.1) is 11.3 Å². The molecule has 158 valence electrons. The Morgan fingerprint density at radius 2 is 2.07 bits per heavy atom. The Kier molecular flexibility index (Phi) is 6.73. The number of hydrogen-bond donors (Lipinski definition) is 3. The van der Waals surface area contributed by atoms with Crippen LogP contribution in [0.2, 0.25) is 0 Å². The second-order valence-corrected chi connectivity index (χ2v) is 8.48. The van der Waals surface area contributed by atoms with Crippen LogP contribution in [0.4, 0.5) is 4.79 Å². The maximum Gasteiger partial charge on any atom is 0.317 e. The van der Waals surface area contributed by atoms with Crippen molar-refractivity contribution < 1.29 is 19.2 Å². The van der Waals surface area contributed by atoms with Gasteiger partial charge in [0, 0.05) is 25.7 Å². The molecule has 3 N–H and O–H groups in total. The van der Waals surface area contributed by atoms with Crippen molar-refractivity contribution in [2.45, 2.75) is 44.8 Å². The number of thiophene rings is 1. The van der Waals surface area contributed by atoms with Gasteiger partial charge in [-0.3, -0.25) is 14.4 Å². The highest BCUT2D eigenvalue weighted by Gasteiger charge is 2.39. The molecular formula is C19H27N5O4S. The van der Waals surface area contributed by atoms with E-state index in [4.69, 9.17) is 0 Å². The Labute approximate surface area is 173 Å². The number of carbonyl (C=O) groups is 4. The Bertz CT molecular complexity index is 767. The van der Waals surface area contributed by atoms with E-state index >= 15 is 0 Å². The average molecular weight is 422 g/mol. The third-order valence-corrected chi connectivity index (χ3v) is 5.83. The van der Waals surface area contributed by atoms with Crippen molar-refractivity contribution in [2.75, 3.05) is 26.2 Å². The Balaban J connectivity index is 1.76. The van der Waals surface area contributed by atoms with Crippen molar-refractivity contribution in [1.82, 2.24) is 25.8 Å². The number of piperazine rings is 1. The number of urea groups is 1. The van der Waals surface area contributed by atoms with Crippen LogP contribution in [-0.4, -0.2) is 77.9 Å². The zero-order chi connectivity index (χ0) is 21.0. The molecule has 0 spiro atoms. The summed E-state index contributed by atoms with van der Waals surface area (Å²) in [5.74, 6) is -0.873. The maximum atomic E-state index is 13.0. The van der Waals surface area contributed by atoms with E-state index in [0.29, 0.717) is 24.4 Å². The first-order valence-corrected chi connectivity index (χ1v) is 10.7.